The van der Waals surface area contributed by atoms with Gasteiger partial charge in [-0.15, -0.1) is 11.8 Å². The molecule has 0 saturated carbocycles. The Morgan fingerprint density at radius 2 is 1.82 bits per heavy atom. The van der Waals surface area contributed by atoms with Crippen molar-refractivity contribution in [2.24, 2.45) is 10.7 Å². The Balaban J connectivity index is 1.82. The molecular weight excluding hydrogens is 332 g/mol. The van der Waals surface area contributed by atoms with Gasteiger partial charge in [-0.25, -0.2) is 4.99 Å². The number of hydrogen-bond donors (Lipinski definition) is 1. The van der Waals surface area contributed by atoms with Crippen LogP contribution in [0.15, 0.2) is 52.4 Å². The van der Waals surface area contributed by atoms with E-state index in [0.717, 1.165) is 27.8 Å². The standard InChI is InChI=1S/C17H19ClN2S2/c1-12-3-4-13(2)16(11-12)20-17(19)22-10-9-21-15-7-5-14(18)6-8-15/h3-8,11H,9-10H2,1-2H3,(H2,19,20). The summed E-state index contributed by atoms with van der Waals surface area (Å²) in [5, 5.41) is 1.38. The molecule has 0 aliphatic rings. The molecule has 5 heteroatoms. The smallest absolute Gasteiger partial charge is 0.159 e. The first kappa shape index (κ1) is 17.3. The van der Waals surface area contributed by atoms with Crippen LogP contribution in [0, 0.1) is 13.8 Å². The van der Waals surface area contributed by atoms with Crippen LogP contribution in [-0.2, 0) is 0 Å². The number of amidine groups is 1. The predicted octanol–water partition coefficient (Wildman–Crippen LogP) is 5.43. The zero-order valence-electron chi connectivity index (χ0n) is 12.7. The molecule has 0 saturated heterocycles. The molecule has 22 heavy (non-hydrogen) atoms. The van der Waals surface area contributed by atoms with E-state index in [9.17, 15) is 0 Å². The Hall–Kier alpha value is -1.10. The van der Waals surface area contributed by atoms with E-state index < -0.39 is 0 Å². The third-order valence-electron chi connectivity index (χ3n) is 3.01. The Labute approximate surface area is 145 Å². The highest BCUT2D eigenvalue weighted by Crippen LogP contribution is 2.23. The molecule has 0 bridgehead atoms. The van der Waals surface area contributed by atoms with E-state index in [1.165, 1.54) is 10.5 Å². The third-order valence-corrected chi connectivity index (χ3v) is 5.33. The van der Waals surface area contributed by atoms with Gasteiger partial charge in [-0.1, -0.05) is 35.5 Å². The number of aryl methyl sites for hydroxylation is 2. The van der Waals surface area contributed by atoms with Crippen LogP contribution in [-0.4, -0.2) is 16.7 Å². The molecule has 0 fully saturated rings. The fourth-order valence-electron chi connectivity index (χ4n) is 1.83. The van der Waals surface area contributed by atoms with Crippen LogP contribution in [0.5, 0.6) is 0 Å². The molecule has 0 amide bonds. The normalized spacial score (nSPS) is 11.7. The quantitative estimate of drug-likeness (QED) is 0.338. The van der Waals surface area contributed by atoms with E-state index in [1.807, 2.05) is 31.2 Å². The molecule has 0 unspecified atom stereocenters. The number of thioether (sulfide) groups is 2. The van der Waals surface area contributed by atoms with Crippen LogP contribution in [0.2, 0.25) is 5.02 Å². The second-order valence-corrected chi connectivity index (χ2v) is 7.61. The Morgan fingerprint density at radius 3 is 2.55 bits per heavy atom. The van der Waals surface area contributed by atoms with Gasteiger partial charge in [-0.3, -0.25) is 0 Å². The topological polar surface area (TPSA) is 38.4 Å². The van der Waals surface area contributed by atoms with Gasteiger partial charge in [-0.2, -0.15) is 0 Å². The summed E-state index contributed by atoms with van der Waals surface area (Å²) in [7, 11) is 0. The van der Waals surface area contributed by atoms with E-state index in [0.29, 0.717) is 5.17 Å². The number of halogens is 1. The van der Waals surface area contributed by atoms with Crippen LogP contribution >= 0.6 is 35.1 Å². The van der Waals surface area contributed by atoms with E-state index in [1.54, 1.807) is 23.5 Å². The van der Waals surface area contributed by atoms with Crippen molar-refractivity contribution in [1.82, 2.24) is 0 Å². The lowest BCUT2D eigenvalue weighted by molar-refractivity contribution is 1.35. The van der Waals surface area contributed by atoms with E-state index >= 15 is 0 Å². The maximum Gasteiger partial charge on any atom is 0.159 e. The van der Waals surface area contributed by atoms with E-state index in [-0.39, 0.29) is 0 Å². The van der Waals surface area contributed by atoms with E-state index in [2.05, 4.69) is 30.1 Å². The van der Waals surface area contributed by atoms with Gasteiger partial charge >= 0.3 is 0 Å². The summed E-state index contributed by atoms with van der Waals surface area (Å²) in [6.07, 6.45) is 0. The first-order valence-corrected chi connectivity index (χ1v) is 9.32. The Kier molecular flexibility index (Phi) is 6.68. The number of benzene rings is 2. The van der Waals surface area contributed by atoms with Gasteiger partial charge < -0.3 is 5.73 Å². The summed E-state index contributed by atoms with van der Waals surface area (Å²) in [6.45, 7) is 4.11. The van der Waals surface area contributed by atoms with Crippen molar-refractivity contribution < 1.29 is 0 Å². The SMILES string of the molecule is Cc1ccc(C)c(N=C(N)SCCSc2ccc(Cl)cc2)c1. The summed E-state index contributed by atoms with van der Waals surface area (Å²) in [6, 6.07) is 14.1. The zero-order chi connectivity index (χ0) is 15.9. The van der Waals surface area contributed by atoms with E-state index in [4.69, 9.17) is 17.3 Å². The van der Waals surface area contributed by atoms with Gasteiger partial charge in [-0.05, 0) is 55.3 Å². The Morgan fingerprint density at radius 1 is 1.09 bits per heavy atom. The van der Waals surface area contributed by atoms with Crippen molar-refractivity contribution in [3.05, 3.63) is 58.6 Å². The summed E-state index contributed by atoms with van der Waals surface area (Å²) < 4.78 is 0. The number of aliphatic imine (C=N–C) groups is 1. The average Bonchev–Trinajstić information content (AvgIpc) is 2.49. The highest BCUT2D eigenvalue weighted by atomic mass is 35.5. The fourth-order valence-corrected chi connectivity index (χ4v) is 3.56. The molecule has 0 atom stereocenters. The van der Waals surface area contributed by atoms with Gasteiger partial charge in [0, 0.05) is 21.4 Å². The van der Waals surface area contributed by atoms with Crippen molar-refractivity contribution in [1.29, 1.82) is 0 Å². The summed E-state index contributed by atoms with van der Waals surface area (Å²) in [5.74, 6) is 1.91. The molecule has 2 aromatic carbocycles. The first-order valence-electron chi connectivity index (χ1n) is 6.97. The van der Waals surface area contributed by atoms with Gasteiger partial charge in [0.05, 0.1) is 5.69 Å². The summed E-state index contributed by atoms with van der Waals surface area (Å²) in [4.78, 5) is 5.72. The maximum absolute atomic E-state index is 6.01. The maximum atomic E-state index is 6.01. The van der Waals surface area contributed by atoms with Crippen molar-refractivity contribution in [3.63, 3.8) is 0 Å². The fraction of sp³-hybridized carbons (Fsp3) is 0.235. The van der Waals surface area contributed by atoms with Gasteiger partial charge in [0.2, 0.25) is 0 Å². The minimum absolute atomic E-state index is 0.616. The second kappa shape index (κ2) is 8.51. The molecule has 0 spiro atoms. The van der Waals surface area contributed by atoms with Gasteiger partial charge in [0.25, 0.3) is 0 Å². The lowest BCUT2D eigenvalue weighted by Crippen LogP contribution is -2.07. The van der Waals surface area contributed by atoms with Crippen molar-refractivity contribution >= 4 is 46.0 Å². The number of nitrogens with zero attached hydrogens (tertiary/aromatic N) is 1. The summed E-state index contributed by atoms with van der Waals surface area (Å²) in [5.41, 5.74) is 9.30. The molecule has 0 aromatic heterocycles. The molecule has 2 nitrogen and oxygen atoms in total. The van der Waals surface area contributed by atoms with Crippen molar-refractivity contribution in [2.45, 2.75) is 18.7 Å². The number of rotatable bonds is 5. The summed E-state index contributed by atoms with van der Waals surface area (Å²) >= 11 is 9.25. The second-order valence-electron chi connectivity index (χ2n) is 4.89. The molecule has 0 radical (unpaired) electrons. The minimum Gasteiger partial charge on any atom is -0.378 e. The lowest BCUT2D eigenvalue weighted by atomic mass is 10.1. The van der Waals surface area contributed by atoms with Gasteiger partial charge in [0.1, 0.15) is 0 Å². The number of nitrogens with two attached hydrogens (primary N) is 1. The predicted molar refractivity (Wildman–Crippen MR) is 102 cm³/mol. The van der Waals surface area contributed by atoms with Crippen LogP contribution in [0.4, 0.5) is 5.69 Å². The number of hydrogen-bond acceptors (Lipinski definition) is 3. The largest absolute Gasteiger partial charge is 0.378 e. The van der Waals surface area contributed by atoms with Crippen molar-refractivity contribution in [3.8, 4) is 0 Å². The van der Waals surface area contributed by atoms with Crippen molar-refractivity contribution in [2.75, 3.05) is 11.5 Å². The molecule has 2 aromatic rings. The van der Waals surface area contributed by atoms with Crippen LogP contribution in [0.3, 0.4) is 0 Å². The van der Waals surface area contributed by atoms with Gasteiger partial charge in [0.15, 0.2) is 5.17 Å². The molecule has 2 N–H and O–H groups in total. The molecule has 0 aliphatic carbocycles. The molecule has 0 heterocycles. The highest BCUT2D eigenvalue weighted by Gasteiger charge is 2.01. The van der Waals surface area contributed by atoms with Crippen LogP contribution in [0.25, 0.3) is 0 Å². The first-order chi connectivity index (χ1) is 10.5. The minimum atomic E-state index is 0.616. The lowest BCUT2D eigenvalue weighted by Gasteiger charge is -2.05. The molecular formula is C17H19ClN2S2. The van der Waals surface area contributed by atoms with Crippen LogP contribution < -0.4 is 5.73 Å². The highest BCUT2D eigenvalue weighted by molar-refractivity contribution is 8.14. The van der Waals surface area contributed by atoms with Crippen LogP contribution in [0.1, 0.15) is 11.1 Å². The monoisotopic (exact) mass is 350 g/mol. The Bertz CT molecular complexity index is 654. The molecule has 2 rings (SSSR count). The molecule has 0 aliphatic heterocycles. The third kappa shape index (κ3) is 5.59. The molecule has 116 valence electrons. The zero-order valence-corrected chi connectivity index (χ0v) is 15.1. The average molecular weight is 351 g/mol.